The highest BCUT2D eigenvalue weighted by molar-refractivity contribution is 7.89. The minimum atomic E-state index is -3.48. The molecule has 21 heavy (non-hydrogen) atoms. The first-order chi connectivity index (χ1) is 9.91. The molecule has 2 aromatic rings. The molecule has 0 spiro atoms. The summed E-state index contributed by atoms with van der Waals surface area (Å²) in [6.07, 6.45) is 0.731. The summed E-state index contributed by atoms with van der Waals surface area (Å²) in [5, 5.41) is 0. The van der Waals surface area contributed by atoms with Crippen LogP contribution in [-0.2, 0) is 23.0 Å². The average molecular weight is 301 g/mol. The Morgan fingerprint density at radius 1 is 0.905 bits per heavy atom. The number of fused-ring (bicyclic) bond motifs is 1. The molecular weight excluding hydrogens is 282 g/mol. The van der Waals surface area contributed by atoms with Gasteiger partial charge in [0.1, 0.15) is 0 Å². The highest BCUT2D eigenvalue weighted by Crippen LogP contribution is 2.35. The van der Waals surface area contributed by atoms with E-state index in [4.69, 9.17) is 0 Å². The van der Waals surface area contributed by atoms with E-state index in [-0.39, 0.29) is 0 Å². The summed E-state index contributed by atoms with van der Waals surface area (Å²) in [6.45, 7) is 4.41. The number of benzene rings is 2. The van der Waals surface area contributed by atoms with Crippen molar-refractivity contribution in [3.63, 3.8) is 0 Å². The molecule has 1 aliphatic heterocycles. The molecule has 0 aliphatic carbocycles. The van der Waals surface area contributed by atoms with E-state index < -0.39 is 15.6 Å². The fraction of sp³-hybridized carbons (Fsp3) is 0.294. The zero-order valence-corrected chi connectivity index (χ0v) is 13.1. The van der Waals surface area contributed by atoms with Crippen molar-refractivity contribution in [3.05, 3.63) is 65.7 Å². The molecule has 1 aliphatic rings. The maximum absolute atomic E-state index is 12.9. The van der Waals surface area contributed by atoms with E-state index in [0.717, 1.165) is 12.0 Å². The van der Waals surface area contributed by atoms with Crippen LogP contribution in [0.5, 0.6) is 0 Å². The molecule has 3 nitrogen and oxygen atoms in total. The summed E-state index contributed by atoms with van der Waals surface area (Å²) in [5.74, 6) is 0. The summed E-state index contributed by atoms with van der Waals surface area (Å²) in [5.41, 5.74) is 1.90. The molecule has 0 atom stereocenters. The lowest BCUT2D eigenvalue weighted by atomic mass is 9.88. The van der Waals surface area contributed by atoms with Gasteiger partial charge in [0.2, 0.25) is 10.0 Å². The molecular formula is C17H19NO2S. The van der Waals surface area contributed by atoms with E-state index in [1.54, 1.807) is 28.6 Å². The number of hydrogen-bond donors (Lipinski definition) is 0. The Balaban J connectivity index is 2.07. The van der Waals surface area contributed by atoms with E-state index >= 15 is 0 Å². The van der Waals surface area contributed by atoms with Crippen molar-refractivity contribution in [1.82, 2.24) is 4.31 Å². The van der Waals surface area contributed by atoms with Crippen molar-refractivity contribution in [2.45, 2.75) is 37.2 Å². The molecule has 0 saturated carbocycles. The number of hydrogen-bond acceptors (Lipinski definition) is 2. The van der Waals surface area contributed by atoms with Gasteiger partial charge in [-0.15, -0.1) is 0 Å². The summed E-state index contributed by atoms with van der Waals surface area (Å²) in [4.78, 5) is 0.359. The molecule has 4 heteroatoms. The minimum absolute atomic E-state index is 0.359. The van der Waals surface area contributed by atoms with E-state index in [1.807, 2.05) is 38.1 Å². The molecule has 1 heterocycles. The van der Waals surface area contributed by atoms with Crippen LogP contribution < -0.4 is 0 Å². The van der Waals surface area contributed by atoms with Crippen LogP contribution >= 0.6 is 0 Å². The van der Waals surface area contributed by atoms with Gasteiger partial charge in [-0.2, -0.15) is 4.31 Å². The quantitative estimate of drug-likeness (QED) is 0.854. The lowest BCUT2D eigenvalue weighted by Gasteiger charge is -2.42. The van der Waals surface area contributed by atoms with Crippen LogP contribution in [0.15, 0.2) is 59.5 Å². The van der Waals surface area contributed by atoms with Crippen molar-refractivity contribution in [2.75, 3.05) is 0 Å². The molecule has 0 radical (unpaired) electrons. The second kappa shape index (κ2) is 4.97. The van der Waals surface area contributed by atoms with E-state index in [9.17, 15) is 8.42 Å². The summed E-state index contributed by atoms with van der Waals surface area (Å²) >= 11 is 0. The van der Waals surface area contributed by atoms with Crippen molar-refractivity contribution >= 4 is 10.0 Å². The van der Waals surface area contributed by atoms with Gasteiger partial charge in [-0.05, 0) is 43.5 Å². The smallest absolute Gasteiger partial charge is 0.207 e. The van der Waals surface area contributed by atoms with Crippen LogP contribution in [0.3, 0.4) is 0 Å². The second-order valence-corrected chi connectivity index (χ2v) is 7.94. The second-order valence-electron chi connectivity index (χ2n) is 6.08. The SMILES string of the molecule is CC1(C)Cc2ccccc2CN1S(=O)(=O)c1ccccc1. The van der Waals surface area contributed by atoms with Gasteiger partial charge in [-0.1, -0.05) is 42.5 Å². The van der Waals surface area contributed by atoms with Crippen LogP contribution in [0.2, 0.25) is 0 Å². The van der Waals surface area contributed by atoms with Gasteiger partial charge in [0, 0.05) is 12.1 Å². The largest absolute Gasteiger partial charge is 0.243 e. The number of nitrogens with zero attached hydrogens (tertiary/aromatic N) is 1. The normalized spacial score (nSPS) is 18.2. The summed E-state index contributed by atoms with van der Waals surface area (Å²) in [6, 6.07) is 16.7. The third-order valence-electron chi connectivity index (χ3n) is 4.06. The first-order valence-corrected chi connectivity index (χ1v) is 8.50. The van der Waals surface area contributed by atoms with Crippen molar-refractivity contribution < 1.29 is 8.42 Å². The van der Waals surface area contributed by atoms with Crippen LogP contribution in [0.25, 0.3) is 0 Å². The van der Waals surface area contributed by atoms with Crippen molar-refractivity contribution in [1.29, 1.82) is 0 Å². The third-order valence-corrected chi connectivity index (χ3v) is 6.13. The lowest BCUT2D eigenvalue weighted by molar-refractivity contribution is 0.203. The predicted octanol–water partition coefficient (Wildman–Crippen LogP) is 3.21. The van der Waals surface area contributed by atoms with E-state index in [1.165, 1.54) is 5.56 Å². The monoisotopic (exact) mass is 301 g/mol. The minimum Gasteiger partial charge on any atom is -0.207 e. The zero-order valence-electron chi connectivity index (χ0n) is 12.3. The highest BCUT2D eigenvalue weighted by Gasteiger charge is 2.40. The van der Waals surface area contributed by atoms with Crippen molar-refractivity contribution in [2.24, 2.45) is 0 Å². The number of sulfonamides is 1. The van der Waals surface area contributed by atoms with Gasteiger partial charge >= 0.3 is 0 Å². The summed E-state index contributed by atoms with van der Waals surface area (Å²) in [7, 11) is -3.48. The molecule has 0 saturated heterocycles. The molecule has 110 valence electrons. The first kappa shape index (κ1) is 14.3. The van der Waals surface area contributed by atoms with Crippen LogP contribution in [0.1, 0.15) is 25.0 Å². The molecule has 0 fully saturated rings. The summed E-state index contributed by atoms with van der Waals surface area (Å²) < 4.78 is 27.5. The van der Waals surface area contributed by atoms with Gasteiger partial charge < -0.3 is 0 Å². The van der Waals surface area contributed by atoms with Gasteiger partial charge in [-0.25, -0.2) is 8.42 Å². The standard InChI is InChI=1S/C17H19NO2S/c1-17(2)12-14-8-6-7-9-15(14)13-18(17)21(19,20)16-10-4-3-5-11-16/h3-11H,12-13H2,1-2H3. The van der Waals surface area contributed by atoms with Gasteiger partial charge in [0.05, 0.1) is 4.90 Å². The fourth-order valence-corrected chi connectivity index (χ4v) is 4.72. The Labute approximate surface area is 126 Å². The highest BCUT2D eigenvalue weighted by atomic mass is 32.2. The molecule has 3 rings (SSSR count). The zero-order chi connectivity index (χ0) is 15.1. The van der Waals surface area contributed by atoms with Crippen molar-refractivity contribution in [3.8, 4) is 0 Å². The predicted molar refractivity (Wildman–Crippen MR) is 83.4 cm³/mol. The Morgan fingerprint density at radius 3 is 2.14 bits per heavy atom. The van der Waals surface area contributed by atoms with E-state index in [0.29, 0.717) is 11.4 Å². The molecule has 0 unspecified atom stereocenters. The van der Waals surface area contributed by atoms with Gasteiger partial charge in [-0.3, -0.25) is 0 Å². The lowest BCUT2D eigenvalue weighted by Crippen LogP contribution is -2.51. The maximum Gasteiger partial charge on any atom is 0.243 e. The molecule has 0 amide bonds. The Morgan fingerprint density at radius 2 is 1.48 bits per heavy atom. The molecule has 2 aromatic carbocycles. The molecule has 0 N–H and O–H groups in total. The Kier molecular flexibility index (Phi) is 3.38. The Bertz CT molecular complexity index is 751. The maximum atomic E-state index is 12.9. The van der Waals surface area contributed by atoms with Gasteiger partial charge in [0.15, 0.2) is 0 Å². The Hall–Kier alpha value is -1.65. The number of rotatable bonds is 2. The first-order valence-electron chi connectivity index (χ1n) is 7.06. The molecule has 0 bridgehead atoms. The average Bonchev–Trinajstić information content (AvgIpc) is 2.46. The van der Waals surface area contributed by atoms with Crippen LogP contribution in [0.4, 0.5) is 0 Å². The van der Waals surface area contributed by atoms with Gasteiger partial charge in [0.25, 0.3) is 0 Å². The van der Waals surface area contributed by atoms with Crippen LogP contribution in [-0.4, -0.2) is 18.3 Å². The topological polar surface area (TPSA) is 37.4 Å². The van der Waals surface area contributed by atoms with Crippen LogP contribution in [0, 0.1) is 0 Å². The fourth-order valence-electron chi connectivity index (χ4n) is 2.94. The molecule has 0 aromatic heterocycles. The third kappa shape index (κ3) is 2.49. The van der Waals surface area contributed by atoms with E-state index in [2.05, 4.69) is 6.07 Å².